The summed E-state index contributed by atoms with van der Waals surface area (Å²) in [7, 11) is 0. The van der Waals surface area contributed by atoms with Gasteiger partial charge < -0.3 is 5.32 Å². The average Bonchev–Trinajstić information content (AvgIpc) is 2.23. The number of hydrogen-bond donors (Lipinski definition) is 1. The molecule has 0 aliphatic rings. The fourth-order valence-electron chi connectivity index (χ4n) is 1.42. The van der Waals surface area contributed by atoms with Crippen molar-refractivity contribution in [2.45, 2.75) is 40.7 Å². The van der Waals surface area contributed by atoms with Crippen molar-refractivity contribution < 1.29 is 0 Å². The molecule has 0 bridgehead atoms. The zero-order valence-electron chi connectivity index (χ0n) is 10.7. The van der Waals surface area contributed by atoms with Gasteiger partial charge in [-0.2, -0.15) is 0 Å². The van der Waals surface area contributed by atoms with Crippen molar-refractivity contribution >= 4 is 15.9 Å². The van der Waals surface area contributed by atoms with E-state index in [1.807, 2.05) is 0 Å². The molecule has 0 unspecified atom stereocenters. The highest BCUT2D eigenvalue weighted by atomic mass is 79.9. The number of rotatable bonds is 5. The maximum absolute atomic E-state index is 3.56. The molecule has 90 valence electrons. The molecule has 0 fully saturated rings. The van der Waals surface area contributed by atoms with Gasteiger partial charge in [-0.1, -0.05) is 48.8 Å². The van der Waals surface area contributed by atoms with Gasteiger partial charge >= 0.3 is 0 Å². The van der Waals surface area contributed by atoms with Gasteiger partial charge in [0.2, 0.25) is 0 Å². The first-order valence-corrected chi connectivity index (χ1v) is 6.69. The zero-order valence-corrected chi connectivity index (χ0v) is 12.3. The van der Waals surface area contributed by atoms with E-state index in [9.17, 15) is 0 Å². The first-order chi connectivity index (χ1) is 7.44. The van der Waals surface area contributed by atoms with Gasteiger partial charge in [-0.15, -0.1) is 0 Å². The SMILES string of the molecule is CCC(C)(C)CNCc1ccc(C)c(Br)c1. The van der Waals surface area contributed by atoms with E-state index >= 15 is 0 Å². The number of nitrogens with one attached hydrogen (secondary N) is 1. The van der Waals surface area contributed by atoms with E-state index in [4.69, 9.17) is 0 Å². The van der Waals surface area contributed by atoms with E-state index in [-0.39, 0.29) is 0 Å². The maximum atomic E-state index is 3.56. The molecule has 0 amide bonds. The van der Waals surface area contributed by atoms with Crippen LogP contribution in [0.3, 0.4) is 0 Å². The Labute approximate surface area is 108 Å². The lowest BCUT2D eigenvalue weighted by atomic mass is 9.90. The Balaban J connectivity index is 2.46. The van der Waals surface area contributed by atoms with Crippen LogP contribution in [0, 0.1) is 12.3 Å². The second-order valence-corrected chi connectivity index (χ2v) is 6.06. The van der Waals surface area contributed by atoms with Crippen LogP contribution in [0.2, 0.25) is 0 Å². The van der Waals surface area contributed by atoms with Crippen LogP contribution < -0.4 is 5.32 Å². The molecule has 1 N–H and O–H groups in total. The largest absolute Gasteiger partial charge is 0.312 e. The van der Waals surface area contributed by atoms with Gasteiger partial charge in [0.05, 0.1) is 0 Å². The molecule has 1 rings (SSSR count). The lowest BCUT2D eigenvalue weighted by molar-refractivity contribution is 0.327. The fourth-order valence-corrected chi connectivity index (χ4v) is 1.84. The maximum Gasteiger partial charge on any atom is 0.0207 e. The molecule has 2 heteroatoms. The summed E-state index contributed by atoms with van der Waals surface area (Å²) < 4.78 is 1.20. The summed E-state index contributed by atoms with van der Waals surface area (Å²) in [5.74, 6) is 0. The summed E-state index contributed by atoms with van der Waals surface area (Å²) in [6.45, 7) is 11.0. The van der Waals surface area contributed by atoms with Crippen molar-refractivity contribution in [3.05, 3.63) is 33.8 Å². The smallest absolute Gasteiger partial charge is 0.0207 e. The van der Waals surface area contributed by atoms with Crippen LogP contribution in [0.25, 0.3) is 0 Å². The normalized spacial score (nSPS) is 11.8. The summed E-state index contributed by atoms with van der Waals surface area (Å²) in [5, 5.41) is 3.52. The molecule has 0 saturated heterocycles. The minimum atomic E-state index is 0.391. The Hall–Kier alpha value is -0.340. The second kappa shape index (κ2) is 5.83. The van der Waals surface area contributed by atoms with Crippen LogP contribution >= 0.6 is 15.9 Å². The Morgan fingerprint density at radius 3 is 2.56 bits per heavy atom. The van der Waals surface area contributed by atoms with Crippen LogP contribution in [-0.4, -0.2) is 6.54 Å². The Bertz CT molecular complexity index is 345. The summed E-state index contributed by atoms with van der Waals surface area (Å²) in [6, 6.07) is 6.54. The average molecular weight is 284 g/mol. The van der Waals surface area contributed by atoms with E-state index in [2.05, 4.69) is 67.1 Å². The molecular formula is C14H22BrN. The van der Waals surface area contributed by atoms with Gasteiger partial charge in [-0.3, -0.25) is 0 Å². The van der Waals surface area contributed by atoms with Gasteiger partial charge in [-0.25, -0.2) is 0 Å². The van der Waals surface area contributed by atoms with Crippen molar-refractivity contribution in [2.75, 3.05) is 6.54 Å². The van der Waals surface area contributed by atoms with Crippen molar-refractivity contribution in [1.29, 1.82) is 0 Å². The third-order valence-electron chi connectivity index (χ3n) is 3.13. The Morgan fingerprint density at radius 1 is 1.31 bits per heavy atom. The van der Waals surface area contributed by atoms with Crippen molar-refractivity contribution in [2.24, 2.45) is 5.41 Å². The highest BCUT2D eigenvalue weighted by Gasteiger charge is 2.13. The van der Waals surface area contributed by atoms with Crippen LogP contribution in [0.4, 0.5) is 0 Å². The van der Waals surface area contributed by atoms with Crippen molar-refractivity contribution in [3.8, 4) is 0 Å². The van der Waals surface area contributed by atoms with Crippen LogP contribution in [-0.2, 0) is 6.54 Å². The van der Waals surface area contributed by atoms with Gasteiger partial charge in [0.1, 0.15) is 0 Å². The summed E-state index contributed by atoms with van der Waals surface area (Å²) in [4.78, 5) is 0. The monoisotopic (exact) mass is 283 g/mol. The molecule has 0 heterocycles. The molecule has 16 heavy (non-hydrogen) atoms. The van der Waals surface area contributed by atoms with Crippen molar-refractivity contribution in [3.63, 3.8) is 0 Å². The highest BCUT2D eigenvalue weighted by Crippen LogP contribution is 2.19. The predicted molar refractivity (Wildman–Crippen MR) is 74.7 cm³/mol. The van der Waals surface area contributed by atoms with E-state index in [0.717, 1.165) is 13.1 Å². The van der Waals surface area contributed by atoms with E-state index < -0.39 is 0 Å². The molecular weight excluding hydrogens is 262 g/mol. The van der Waals surface area contributed by atoms with Crippen LogP contribution in [0.1, 0.15) is 38.3 Å². The highest BCUT2D eigenvalue weighted by molar-refractivity contribution is 9.10. The second-order valence-electron chi connectivity index (χ2n) is 5.20. The van der Waals surface area contributed by atoms with Gasteiger partial charge in [0.25, 0.3) is 0 Å². The first-order valence-electron chi connectivity index (χ1n) is 5.90. The number of halogens is 1. The summed E-state index contributed by atoms with van der Waals surface area (Å²) in [5.41, 5.74) is 3.02. The van der Waals surface area contributed by atoms with E-state index in [1.165, 1.54) is 22.0 Å². The lowest BCUT2D eigenvalue weighted by Gasteiger charge is -2.23. The molecule has 0 saturated carbocycles. The molecule has 0 aliphatic carbocycles. The van der Waals surface area contributed by atoms with E-state index in [1.54, 1.807) is 0 Å². The third kappa shape index (κ3) is 4.26. The molecule has 0 aliphatic heterocycles. The molecule has 0 atom stereocenters. The minimum absolute atomic E-state index is 0.391. The molecule has 1 aromatic carbocycles. The third-order valence-corrected chi connectivity index (χ3v) is 3.98. The molecule has 0 aromatic heterocycles. The number of hydrogen-bond acceptors (Lipinski definition) is 1. The summed E-state index contributed by atoms with van der Waals surface area (Å²) >= 11 is 3.56. The summed E-state index contributed by atoms with van der Waals surface area (Å²) in [6.07, 6.45) is 1.21. The van der Waals surface area contributed by atoms with Gasteiger partial charge in [-0.05, 0) is 36.0 Å². The molecule has 0 radical (unpaired) electrons. The standard InChI is InChI=1S/C14H22BrN/c1-5-14(3,4)10-16-9-12-7-6-11(2)13(15)8-12/h6-8,16H,5,9-10H2,1-4H3. The van der Waals surface area contributed by atoms with Crippen LogP contribution in [0.15, 0.2) is 22.7 Å². The number of aryl methyl sites for hydroxylation is 1. The molecule has 1 nitrogen and oxygen atoms in total. The Morgan fingerprint density at radius 2 is 2.00 bits per heavy atom. The van der Waals surface area contributed by atoms with Gasteiger partial charge in [0.15, 0.2) is 0 Å². The van der Waals surface area contributed by atoms with Gasteiger partial charge in [0, 0.05) is 17.6 Å². The predicted octanol–water partition coefficient (Wildman–Crippen LogP) is 4.28. The fraction of sp³-hybridized carbons (Fsp3) is 0.571. The van der Waals surface area contributed by atoms with Crippen LogP contribution in [0.5, 0.6) is 0 Å². The van der Waals surface area contributed by atoms with E-state index in [0.29, 0.717) is 5.41 Å². The lowest BCUT2D eigenvalue weighted by Crippen LogP contribution is -2.28. The zero-order chi connectivity index (χ0) is 12.2. The molecule has 1 aromatic rings. The first kappa shape index (κ1) is 13.7. The number of benzene rings is 1. The Kier molecular flexibility index (Phi) is 5.00. The minimum Gasteiger partial charge on any atom is -0.312 e. The topological polar surface area (TPSA) is 12.0 Å². The molecule has 0 spiro atoms. The van der Waals surface area contributed by atoms with Crippen molar-refractivity contribution in [1.82, 2.24) is 5.32 Å². The quantitative estimate of drug-likeness (QED) is 0.850.